The number of nitrogen functional groups attached to an aromatic ring is 1. The zero-order valence-corrected chi connectivity index (χ0v) is 11.8. The lowest BCUT2D eigenvalue weighted by Gasteiger charge is -2.08. The van der Waals surface area contributed by atoms with Crippen LogP contribution in [-0.4, -0.2) is 20.2 Å². The fourth-order valence-electron chi connectivity index (χ4n) is 1.96. The van der Waals surface area contributed by atoms with Crippen molar-refractivity contribution in [1.29, 1.82) is 0 Å². The maximum absolute atomic E-state index is 13.4. The second-order valence-corrected chi connectivity index (χ2v) is 4.99. The summed E-state index contributed by atoms with van der Waals surface area (Å²) < 4.78 is 14.8. The summed E-state index contributed by atoms with van der Waals surface area (Å²) in [6, 6.07) is 9.50. The molecular formula is C14H11ClFN5. The maximum Gasteiger partial charge on any atom is 0.187 e. The molecule has 0 saturated heterocycles. The molecule has 0 saturated carbocycles. The van der Waals surface area contributed by atoms with E-state index >= 15 is 0 Å². The SMILES string of the molecule is Cc1ccc(-c2nnnn2-c2cc(F)ccc2Cl)cc1N. The molecule has 0 radical (unpaired) electrons. The normalized spacial score (nSPS) is 10.8. The molecule has 0 fully saturated rings. The molecule has 0 bridgehead atoms. The van der Waals surface area contributed by atoms with E-state index in [9.17, 15) is 4.39 Å². The van der Waals surface area contributed by atoms with Gasteiger partial charge in [-0.3, -0.25) is 0 Å². The smallest absolute Gasteiger partial charge is 0.187 e. The van der Waals surface area contributed by atoms with Crippen molar-refractivity contribution in [2.75, 3.05) is 5.73 Å². The Morgan fingerprint density at radius 2 is 2.00 bits per heavy atom. The molecule has 5 nitrogen and oxygen atoms in total. The van der Waals surface area contributed by atoms with Gasteiger partial charge in [0.05, 0.1) is 10.7 Å². The number of hydrogen-bond acceptors (Lipinski definition) is 4. The Balaban J connectivity index is 2.17. The standard InChI is InChI=1S/C14H11ClFN5/c1-8-2-3-9(6-12(8)17)14-18-19-20-21(14)13-7-10(16)4-5-11(13)15/h2-7H,17H2,1H3. The Kier molecular flexibility index (Phi) is 3.31. The minimum Gasteiger partial charge on any atom is -0.398 e. The van der Waals surface area contributed by atoms with Crippen molar-refractivity contribution in [1.82, 2.24) is 20.2 Å². The molecule has 0 unspecified atom stereocenters. The van der Waals surface area contributed by atoms with Crippen molar-refractivity contribution in [2.24, 2.45) is 0 Å². The summed E-state index contributed by atoms with van der Waals surface area (Å²) in [6.07, 6.45) is 0. The van der Waals surface area contributed by atoms with E-state index in [0.29, 0.717) is 22.2 Å². The van der Waals surface area contributed by atoms with Gasteiger partial charge in [0.25, 0.3) is 0 Å². The first-order chi connectivity index (χ1) is 10.1. The number of tetrazole rings is 1. The number of rotatable bonds is 2. The fourth-order valence-corrected chi connectivity index (χ4v) is 2.15. The van der Waals surface area contributed by atoms with Crippen LogP contribution >= 0.6 is 11.6 Å². The number of nitrogens with two attached hydrogens (primary N) is 1. The predicted octanol–water partition coefficient (Wildman–Crippen LogP) is 3.01. The summed E-state index contributed by atoms with van der Waals surface area (Å²) in [5.41, 5.74) is 8.59. The van der Waals surface area contributed by atoms with Gasteiger partial charge in [-0.1, -0.05) is 23.7 Å². The number of benzene rings is 2. The molecule has 0 aliphatic rings. The van der Waals surface area contributed by atoms with Crippen molar-refractivity contribution in [2.45, 2.75) is 6.92 Å². The van der Waals surface area contributed by atoms with E-state index in [-0.39, 0.29) is 0 Å². The first kappa shape index (κ1) is 13.5. The summed E-state index contributed by atoms with van der Waals surface area (Å²) in [7, 11) is 0. The molecule has 0 amide bonds. The first-order valence-electron chi connectivity index (χ1n) is 6.16. The molecule has 1 aromatic heterocycles. The topological polar surface area (TPSA) is 69.6 Å². The van der Waals surface area contributed by atoms with E-state index < -0.39 is 5.82 Å². The summed E-state index contributed by atoms with van der Waals surface area (Å²) in [4.78, 5) is 0. The third-order valence-corrected chi connectivity index (χ3v) is 3.46. The largest absolute Gasteiger partial charge is 0.398 e. The minimum absolute atomic E-state index is 0.352. The van der Waals surface area contributed by atoms with Crippen molar-refractivity contribution >= 4 is 17.3 Å². The van der Waals surface area contributed by atoms with Gasteiger partial charge in [-0.25, -0.2) is 4.39 Å². The Hall–Kier alpha value is -2.47. The van der Waals surface area contributed by atoms with Gasteiger partial charge in [-0.15, -0.1) is 5.10 Å². The van der Waals surface area contributed by atoms with E-state index in [0.717, 1.165) is 11.1 Å². The molecule has 0 aliphatic heterocycles. The zero-order valence-electron chi connectivity index (χ0n) is 11.1. The highest BCUT2D eigenvalue weighted by Crippen LogP contribution is 2.27. The average molecular weight is 304 g/mol. The highest BCUT2D eigenvalue weighted by atomic mass is 35.5. The molecule has 0 atom stereocenters. The molecule has 2 aromatic carbocycles. The maximum atomic E-state index is 13.4. The van der Waals surface area contributed by atoms with E-state index in [4.69, 9.17) is 17.3 Å². The lowest BCUT2D eigenvalue weighted by Crippen LogP contribution is -2.02. The minimum atomic E-state index is -0.417. The van der Waals surface area contributed by atoms with Crippen LogP contribution in [0.25, 0.3) is 17.1 Å². The number of halogens is 2. The van der Waals surface area contributed by atoms with Crippen LogP contribution in [0, 0.1) is 12.7 Å². The Morgan fingerprint density at radius 3 is 2.76 bits per heavy atom. The number of aryl methyl sites for hydroxylation is 1. The summed E-state index contributed by atoms with van der Waals surface area (Å²) in [5, 5.41) is 11.8. The molecular weight excluding hydrogens is 293 g/mol. The molecule has 1 heterocycles. The highest BCUT2D eigenvalue weighted by molar-refractivity contribution is 6.32. The number of nitrogens with zero attached hydrogens (tertiary/aromatic N) is 4. The highest BCUT2D eigenvalue weighted by Gasteiger charge is 2.14. The predicted molar refractivity (Wildman–Crippen MR) is 78.7 cm³/mol. The molecule has 106 valence electrons. The second-order valence-electron chi connectivity index (χ2n) is 4.58. The van der Waals surface area contributed by atoms with Gasteiger partial charge in [0.1, 0.15) is 5.82 Å². The van der Waals surface area contributed by atoms with Gasteiger partial charge in [0, 0.05) is 17.3 Å². The van der Waals surface area contributed by atoms with Crippen LogP contribution in [0.4, 0.5) is 10.1 Å². The van der Waals surface area contributed by atoms with Gasteiger partial charge >= 0.3 is 0 Å². The second kappa shape index (κ2) is 5.14. The number of anilines is 1. The van der Waals surface area contributed by atoms with E-state index in [1.807, 2.05) is 19.1 Å². The van der Waals surface area contributed by atoms with Crippen molar-refractivity contribution < 1.29 is 4.39 Å². The Morgan fingerprint density at radius 1 is 1.19 bits per heavy atom. The lowest BCUT2D eigenvalue weighted by atomic mass is 10.1. The molecule has 7 heteroatoms. The molecule has 3 rings (SSSR count). The summed E-state index contributed by atoms with van der Waals surface area (Å²) >= 11 is 6.10. The van der Waals surface area contributed by atoms with Gasteiger partial charge in [-0.2, -0.15) is 4.68 Å². The number of hydrogen-bond donors (Lipinski definition) is 1. The van der Waals surface area contributed by atoms with Gasteiger partial charge in [0.2, 0.25) is 0 Å². The fraction of sp³-hybridized carbons (Fsp3) is 0.0714. The van der Waals surface area contributed by atoms with Crippen LogP contribution in [0.3, 0.4) is 0 Å². The average Bonchev–Trinajstić information content (AvgIpc) is 2.93. The molecule has 0 aliphatic carbocycles. The first-order valence-corrected chi connectivity index (χ1v) is 6.54. The molecule has 2 N–H and O–H groups in total. The Labute approximate surface area is 125 Å². The van der Waals surface area contributed by atoms with Crippen molar-refractivity contribution in [3.8, 4) is 17.1 Å². The Bertz CT molecular complexity index is 815. The molecule has 21 heavy (non-hydrogen) atoms. The van der Waals surface area contributed by atoms with Gasteiger partial charge in [-0.05, 0) is 41.1 Å². The molecule has 0 spiro atoms. The molecule has 3 aromatic rings. The van der Waals surface area contributed by atoms with Crippen LogP contribution < -0.4 is 5.73 Å². The van der Waals surface area contributed by atoms with Crippen LogP contribution in [0.5, 0.6) is 0 Å². The van der Waals surface area contributed by atoms with Gasteiger partial charge < -0.3 is 5.73 Å². The zero-order chi connectivity index (χ0) is 15.0. The van der Waals surface area contributed by atoms with Crippen LogP contribution in [-0.2, 0) is 0 Å². The summed E-state index contributed by atoms with van der Waals surface area (Å²) in [6.45, 7) is 1.91. The van der Waals surface area contributed by atoms with Crippen LogP contribution in [0.2, 0.25) is 5.02 Å². The van der Waals surface area contributed by atoms with E-state index in [2.05, 4.69) is 15.5 Å². The van der Waals surface area contributed by atoms with Crippen molar-refractivity contribution in [3.05, 3.63) is 52.8 Å². The third-order valence-electron chi connectivity index (χ3n) is 3.14. The van der Waals surface area contributed by atoms with Crippen LogP contribution in [0.1, 0.15) is 5.56 Å². The van der Waals surface area contributed by atoms with Crippen molar-refractivity contribution in [3.63, 3.8) is 0 Å². The quantitative estimate of drug-likeness (QED) is 0.739. The monoisotopic (exact) mass is 303 g/mol. The summed E-state index contributed by atoms with van der Waals surface area (Å²) in [5.74, 6) is 0.0217. The van der Waals surface area contributed by atoms with Crippen LogP contribution in [0.15, 0.2) is 36.4 Å². The van der Waals surface area contributed by atoms with E-state index in [1.54, 1.807) is 6.07 Å². The lowest BCUT2D eigenvalue weighted by molar-refractivity contribution is 0.625. The number of aromatic nitrogens is 4. The third kappa shape index (κ3) is 2.45. The van der Waals surface area contributed by atoms with Gasteiger partial charge in [0.15, 0.2) is 5.82 Å². The van der Waals surface area contributed by atoms with E-state index in [1.165, 1.54) is 22.9 Å².